The molecular weight excluding hydrogens is 479 g/mol. The van der Waals surface area contributed by atoms with Gasteiger partial charge in [-0.3, -0.25) is 9.69 Å². The standard InChI is InChI=1S/C21H24F3N3O6S/c1-19(2,3)33-18(29)27-11-13(10-14(27)17(28)26-20(12-25)8-9-20)34(30,31)16-7-5-4-6-15(16)32-21(22,23)24/h4-7,13-14H,8-11H2,1-3H3,(H,26,28). The number of likely N-dealkylation sites (tertiary alicyclic amines) is 1. The summed E-state index contributed by atoms with van der Waals surface area (Å²) in [4.78, 5) is 25.9. The number of nitrogens with zero attached hydrogens (tertiary/aromatic N) is 2. The van der Waals surface area contributed by atoms with Crippen molar-refractivity contribution in [2.45, 2.75) is 73.7 Å². The van der Waals surface area contributed by atoms with Crippen molar-refractivity contribution in [3.05, 3.63) is 24.3 Å². The molecule has 34 heavy (non-hydrogen) atoms. The van der Waals surface area contributed by atoms with Gasteiger partial charge in [0.25, 0.3) is 0 Å². The summed E-state index contributed by atoms with van der Waals surface area (Å²) in [5.74, 6) is -1.64. The van der Waals surface area contributed by atoms with E-state index in [1.807, 2.05) is 6.07 Å². The third-order valence-electron chi connectivity index (χ3n) is 5.34. The van der Waals surface area contributed by atoms with Crippen molar-refractivity contribution < 1.29 is 40.7 Å². The molecule has 2 amide bonds. The molecular formula is C21H24F3N3O6S. The summed E-state index contributed by atoms with van der Waals surface area (Å²) in [6.45, 7) is 4.27. The quantitative estimate of drug-likeness (QED) is 0.655. The molecule has 186 valence electrons. The average Bonchev–Trinajstić information content (AvgIpc) is 3.30. The van der Waals surface area contributed by atoms with Gasteiger partial charge in [0, 0.05) is 6.54 Å². The Morgan fingerprint density at radius 2 is 1.82 bits per heavy atom. The molecule has 0 spiro atoms. The highest BCUT2D eigenvalue weighted by molar-refractivity contribution is 7.92. The number of halogens is 3. The van der Waals surface area contributed by atoms with Crippen molar-refractivity contribution in [2.24, 2.45) is 0 Å². The van der Waals surface area contributed by atoms with E-state index in [2.05, 4.69) is 10.1 Å². The lowest BCUT2D eigenvalue weighted by molar-refractivity contribution is -0.275. The number of carbonyl (C=O) groups is 2. The predicted octanol–water partition coefficient (Wildman–Crippen LogP) is 2.91. The highest BCUT2D eigenvalue weighted by Crippen LogP contribution is 2.38. The second-order valence-electron chi connectivity index (χ2n) is 9.23. The van der Waals surface area contributed by atoms with E-state index in [9.17, 15) is 36.4 Å². The Morgan fingerprint density at radius 1 is 1.21 bits per heavy atom. The van der Waals surface area contributed by atoms with Gasteiger partial charge in [-0.1, -0.05) is 12.1 Å². The molecule has 1 saturated carbocycles. The van der Waals surface area contributed by atoms with Crippen LogP contribution in [-0.4, -0.2) is 60.7 Å². The average molecular weight is 503 g/mol. The van der Waals surface area contributed by atoms with E-state index in [0.717, 1.165) is 17.0 Å². The number of ether oxygens (including phenoxy) is 2. The Hall–Kier alpha value is -3.01. The smallest absolute Gasteiger partial charge is 0.444 e. The van der Waals surface area contributed by atoms with Crippen LogP contribution >= 0.6 is 0 Å². The third-order valence-corrected chi connectivity index (χ3v) is 7.51. The van der Waals surface area contributed by atoms with Crippen LogP contribution in [0, 0.1) is 11.3 Å². The first-order valence-corrected chi connectivity index (χ1v) is 11.9. The summed E-state index contributed by atoms with van der Waals surface area (Å²) in [6, 6.07) is 4.95. The Labute approximate surface area is 194 Å². The molecule has 1 N–H and O–H groups in total. The molecule has 1 heterocycles. The zero-order valence-electron chi connectivity index (χ0n) is 18.7. The summed E-state index contributed by atoms with van der Waals surface area (Å²) in [5.41, 5.74) is -2.02. The van der Waals surface area contributed by atoms with Crippen molar-refractivity contribution in [2.75, 3.05) is 6.54 Å². The molecule has 1 aliphatic heterocycles. The van der Waals surface area contributed by atoms with Crippen LogP contribution in [-0.2, 0) is 19.4 Å². The summed E-state index contributed by atoms with van der Waals surface area (Å²) >= 11 is 0. The highest BCUT2D eigenvalue weighted by Gasteiger charge is 2.51. The number of alkyl halides is 3. The number of benzene rings is 1. The maximum absolute atomic E-state index is 13.3. The van der Waals surface area contributed by atoms with Crippen molar-refractivity contribution in [1.29, 1.82) is 5.26 Å². The van der Waals surface area contributed by atoms with Gasteiger partial charge in [-0.15, -0.1) is 13.2 Å². The molecule has 1 aromatic rings. The van der Waals surface area contributed by atoms with Gasteiger partial charge in [0.1, 0.15) is 27.8 Å². The molecule has 9 nitrogen and oxygen atoms in total. The van der Waals surface area contributed by atoms with Crippen LogP contribution in [0.5, 0.6) is 5.75 Å². The fourth-order valence-electron chi connectivity index (χ4n) is 3.58. The van der Waals surface area contributed by atoms with E-state index in [-0.39, 0.29) is 0 Å². The second-order valence-corrected chi connectivity index (χ2v) is 11.4. The maximum Gasteiger partial charge on any atom is 0.573 e. The third kappa shape index (κ3) is 5.72. The summed E-state index contributed by atoms with van der Waals surface area (Å²) in [6.07, 6.45) is -5.64. The highest BCUT2D eigenvalue weighted by atomic mass is 32.2. The zero-order chi connectivity index (χ0) is 25.5. The van der Waals surface area contributed by atoms with E-state index in [0.29, 0.717) is 12.8 Å². The molecule has 2 atom stereocenters. The Morgan fingerprint density at radius 3 is 2.35 bits per heavy atom. The number of para-hydroxylation sites is 1. The summed E-state index contributed by atoms with van der Waals surface area (Å²) < 4.78 is 74.2. The van der Waals surface area contributed by atoms with Crippen LogP contribution in [0.3, 0.4) is 0 Å². The normalized spacial score (nSPS) is 22.0. The van der Waals surface area contributed by atoms with Crippen molar-refractivity contribution >= 4 is 21.8 Å². The van der Waals surface area contributed by atoms with Gasteiger partial charge >= 0.3 is 12.5 Å². The van der Waals surface area contributed by atoms with Gasteiger partial charge in [-0.25, -0.2) is 13.2 Å². The molecule has 0 aromatic heterocycles. The first-order valence-electron chi connectivity index (χ1n) is 10.4. The molecule has 0 bridgehead atoms. The van der Waals surface area contributed by atoms with Gasteiger partial charge in [0.05, 0.1) is 11.3 Å². The molecule has 1 saturated heterocycles. The minimum absolute atomic E-state index is 0.394. The largest absolute Gasteiger partial charge is 0.573 e. The van der Waals surface area contributed by atoms with E-state index >= 15 is 0 Å². The molecule has 13 heteroatoms. The summed E-state index contributed by atoms with van der Waals surface area (Å²) in [5, 5.41) is 10.4. The Kier molecular flexibility index (Phi) is 6.51. The minimum Gasteiger partial charge on any atom is -0.444 e. The van der Waals surface area contributed by atoms with E-state index < -0.39 is 74.2 Å². The van der Waals surface area contributed by atoms with Gasteiger partial charge in [0.2, 0.25) is 5.91 Å². The lowest BCUT2D eigenvalue weighted by atomic mass is 10.2. The number of sulfone groups is 1. The molecule has 1 aromatic carbocycles. The zero-order valence-corrected chi connectivity index (χ0v) is 19.5. The topological polar surface area (TPSA) is 126 Å². The number of amides is 2. The number of carbonyl (C=O) groups excluding carboxylic acids is 2. The van der Waals surface area contributed by atoms with Crippen LogP contribution in [0.15, 0.2) is 29.2 Å². The number of nitrogens with one attached hydrogen (secondary N) is 1. The SMILES string of the molecule is CC(C)(C)OC(=O)N1CC(S(=O)(=O)c2ccccc2OC(F)(F)F)CC1C(=O)NC1(C#N)CC1. The fourth-order valence-corrected chi connectivity index (χ4v) is 5.39. The molecule has 2 aliphatic rings. The van der Waals surface area contributed by atoms with Crippen molar-refractivity contribution in [1.82, 2.24) is 10.2 Å². The molecule has 2 fully saturated rings. The van der Waals surface area contributed by atoms with Gasteiger partial charge < -0.3 is 14.8 Å². The van der Waals surface area contributed by atoms with Crippen LogP contribution in [0.25, 0.3) is 0 Å². The van der Waals surface area contributed by atoms with Crippen LogP contribution in [0.4, 0.5) is 18.0 Å². The maximum atomic E-state index is 13.3. The Bertz CT molecular complexity index is 1120. The Balaban J connectivity index is 1.93. The first kappa shape index (κ1) is 25.6. The van der Waals surface area contributed by atoms with Crippen LogP contribution in [0.2, 0.25) is 0 Å². The minimum atomic E-state index is -5.12. The molecule has 3 rings (SSSR count). The fraction of sp³-hybridized carbons (Fsp3) is 0.571. The van der Waals surface area contributed by atoms with E-state index in [1.165, 1.54) is 12.1 Å². The first-order chi connectivity index (χ1) is 15.6. The van der Waals surface area contributed by atoms with E-state index in [4.69, 9.17) is 4.74 Å². The molecule has 1 aliphatic carbocycles. The predicted molar refractivity (Wildman–Crippen MR) is 111 cm³/mol. The summed E-state index contributed by atoms with van der Waals surface area (Å²) in [7, 11) is -4.47. The van der Waals surface area contributed by atoms with Gasteiger partial charge in [-0.2, -0.15) is 5.26 Å². The van der Waals surface area contributed by atoms with Crippen LogP contribution in [0.1, 0.15) is 40.0 Å². The number of hydrogen-bond acceptors (Lipinski definition) is 7. The number of hydrogen-bond donors (Lipinski definition) is 1. The lowest BCUT2D eigenvalue weighted by Gasteiger charge is -2.28. The van der Waals surface area contributed by atoms with Crippen molar-refractivity contribution in [3.8, 4) is 11.8 Å². The molecule has 0 radical (unpaired) electrons. The lowest BCUT2D eigenvalue weighted by Crippen LogP contribution is -2.50. The van der Waals surface area contributed by atoms with E-state index in [1.54, 1.807) is 20.8 Å². The monoisotopic (exact) mass is 503 g/mol. The van der Waals surface area contributed by atoms with Crippen LogP contribution < -0.4 is 10.1 Å². The van der Waals surface area contributed by atoms with Crippen molar-refractivity contribution in [3.63, 3.8) is 0 Å². The second kappa shape index (κ2) is 8.65. The number of rotatable bonds is 5. The van der Waals surface area contributed by atoms with Gasteiger partial charge in [0.15, 0.2) is 9.84 Å². The number of nitriles is 1. The molecule has 2 unspecified atom stereocenters. The van der Waals surface area contributed by atoms with Gasteiger partial charge in [-0.05, 0) is 52.2 Å².